The van der Waals surface area contributed by atoms with Gasteiger partial charge in [-0.1, -0.05) is 35.9 Å². The van der Waals surface area contributed by atoms with Gasteiger partial charge >= 0.3 is 0 Å². The third-order valence-corrected chi connectivity index (χ3v) is 3.46. The quantitative estimate of drug-likeness (QED) is 0.824. The zero-order valence-electron chi connectivity index (χ0n) is 12.2. The van der Waals surface area contributed by atoms with E-state index >= 15 is 0 Å². The Hall–Kier alpha value is -1.55. The molecule has 2 aromatic carbocycles. The maximum Gasteiger partial charge on any atom is 0.119 e. The fourth-order valence-corrected chi connectivity index (χ4v) is 2.09. The van der Waals surface area contributed by atoms with Gasteiger partial charge in [-0.05, 0) is 42.3 Å². The minimum absolute atomic E-state index is 0.323. The van der Waals surface area contributed by atoms with E-state index in [0.717, 1.165) is 22.9 Å². The molecule has 2 rings (SSSR count). The van der Waals surface area contributed by atoms with E-state index in [2.05, 4.69) is 24.4 Å². The van der Waals surface area contributed by atoms with E-state index in [1.54, 1.807) is 0 Å². The number of hydrogen-bond acceptors (Lipinski definition) is 3. The Balaban J connectivity index is 1.85. The molecule has 0 bridgehead atoms. The molecule has 1 unspecified atom stereocenters. The first kappa shape index (κ1) is 15.8. The molecule has 0 amide bonds. The third-order valence-electron chi connectivity index (χ3n) is 3.23. The zero-order chi connectivity index (χ0) is 15.1. The molecule has 1 atom stereocenters. The van der Waals surface area contributed by atoms with Gasteiger partial charge in [0.15, 0.2) is 0 Å². The molecule has 0 fully saturated rings. The summed E-state index contributed by atoms with van der Waals surface area (Å²) in [5, 5.41) is 4.08. The van der Waals surface area contributed by atoms with Crippen LogP contribution in [0.4, 0.5) is 0 Å². The largest absolute Gasteiger partial charge is 0.489 e. The SMILES string of the molecule is CC(CN)NCc1ccc(OCc2cccc(Cl)c2)cc1. The van der Waals surface area contributed by atoms with Crippen LogP contribution in [0.5, 0.6) is 5.75 Å². The van der Waals surface area contributed by atoms with Gasteiger partial charge < -0.3 is 15.8 Å². The molecule has 0 spiro atoms. The Morgan fingerprint density at radius 2 is 1.90 bits per heavy atom. The fraction of sp³-hybridized carbons (Fsp3) is 0.294. The van der Waals surface area contributed by atoms with Gasteiger partial charge in [-0.25, -0.2) is 0 Å². The first-order valence-electron chi connectivity index (χ1n) is 7.07. The van der Waals surface area contributed by atoms with Crippen molar-refractivity contribution < 1.29 is 4.74 Å². The van der Waals surface area contributed by atoms with Crippen molar-refractivity contribution in [3.05, 3.63) is 64.7 Å². The second-order valence-electron chi connectivity index (χ2n) is 5.08. The summed E-state index contributed by atoms with van der Waals surface area (Å²) < 4.78 is 5.75. The third kappa shape index (κ3) is 5.38. The number of benzene rings is 2. The topological polar surface area (TPSA) is 47.3 Å². The van der Waals surface area contributed by atoms with E-state index in [9.17, 15) is 0 Å². The van der Waals surface area contributed by atoms with Gasteiger partial charge in [-0.2, -0.15) is 0 Å². The minimum atomic E-state index is 0.323. The van der Waals surface area contributed by atoms with Gasteiger partial charge in [-0.3, -0.25) is 0 Å². The molecular formula is C17H21ClN2O. The van der Waals surface area contributed by atoms with E-state index in [-0.39, 0.29) is 0 Å². The van der Waals surface area contributed by atoms with Crippen molar-refractivity contribution in [1.29, 1.82) is 0 Å². The lowest BCUT2D eigenvalue weighted by atomic mass is 10.2. The molecule has 0 aliphatic rings. The number of hydrogen-bond donors (Lipinski definition) is 2. The summed E-state index contributed by atoms with van der Waals surface area (Å²) in [7, 11) is 0. The highest BCUT2D eigenvalue weighted by molar-refractivity contribution is 6.30. The standard InChI is InChI=1S/C17H21ClN2O/c1-13(10-19)20-11-14-5-7-17(8-6-14)21-12-15-3-2-4-16(18)9-15/h2-9,13,20H,10-12,19H2,1H3. The van der Waals surface area contributed by atoms with E-state index in [1.165, 1.54) is 5.56 Å². The number of ether oxygens (including phenoxy) is 1. The highest BCUT2D eigenvalue weighted by atomic mass is 35.5. The van der Waals surface area contributed by atoms with E-state index in [1.807, 2.05) is 36.4 Å². The van der Waals surface area contributed by atoms with Crippen LogP contribution in [0.25, 0.3) is 0 Å². The van der Waals surface area contributed by atoms with Crippen molar-refractivity contribution in [2.24, 2.45) is 5.73 Å². The lowest BCUT2D eigenvalue weighted by Gasteiger charge is -2.12. The van der Waals surface area contributed by atoms with Crippen molar-refractivity contribution in [2.45, 2.75) is 26.1 Å². The number of nitrogens with one attached hydrogen (secondary N) is 1. The van der Waals surface area contributed by atoms with Crippen LogP contribution in [0.2, 0.25) is 5.02 Å². The average Bonchev–Trinajstić information content (AvgIpc) is 2.51. The summed E-state index contributed by atoms with van der Waals surface area (Å²) >= 11 is 5.95. The number of nitrogens with two attached hydrogens (primary N) is 1. The van der Waals surface area contributed by atoms with E-state index in [4.69, 9.17) is 22.1 Å². The monoisotopic (exact) mass is 304 g/mol. The van der Waals surface area contributed by atoms with Gasteiger partial charge in [0.05, 0.1) is 0 Å². The average molecular weight is 305 g/mol. The smallest absolute Gasteiger partial charge is 0.119 e. The van der Waals surface area contributed by atoms with Crippen molar-refractivity contribution in [3.8, 4) is 5.75 Å². The first-order valence-corrected chi connectivity index (χ1v) is 7.45. The van der Waals surface area contributed by atoms with Gasteiger partial charge in [0.25, 0.3) is 0 Å². The van der Waals surface area contributed by atoms with Crippen LogP contribution in [0.15, 0.2) is 48.5 Å². The summed E-state index contributed by atoms with van der Waals surface area (Å²) in [5.41, 5.74) is 7.85. The molecule has 21 heavy (non-hydrogen) atoms. The molecule has 0 saturated carbocycles. The molecule has 112 valence electrons. The maximum absolute atomic E-state index is 5.95. The van der Waals surface area contributed by atoms with E-state index in [0.29, 0.717) is 19.2 Å². The molecule has 3 nitrogen and oxygen atoms in total. The van der Waals surface area contributed by atoms with Crippen LogP contribution in [0.3, 0.4) is 0 Å². The van der Waals surface area contributed by atoms with Crippen molar-refractivity contribution in [1.82, 2.24) is 5.32 Å². The van der Waals surface area contributed by atoms with Crippen molar-refractivity contribution in [2.75, 3.05) is 6.54 Å². The molecule has 0 saturated heterocycles. The van der Waals surface area contributed by atoms with Gasteiger partial charge in [0.2, 0.25) is 0 Å². The Bertz CT molecular complexity index is 557. The molecule has 3 N–H and O–H groups in total. The lowest BCUT2D eigenvalue weighted by Crippen LogP contribution is -2.32. The summed E-state index contributed by atoms with van der Waals surface area (Å²) in [4.78, 5) is 0. The predicted octanol–water partition coefficient (Wildman–Crippen LogP) is 3.36. The van der Waals surface area contributed by atoms with Crippen LogP contribution in [-0.4, -0.2) is 12.6 Å². The van der Waals surface area contributed by atoms with Crippen molar-refractivity contribution >= 4 is 11.6 Å². The second kappa shape index (κ2) is 8.03. The molecule has 0 radical (unpaired) electrons. The van der Waals surface area contributed by atoms with Gasteiger partial charge in [-0.15, -0.1) is 0 Å². The molecule has 4 heteroatoms. The van der Waals surface area contributed by atoms with Crippen LogP contribution >= 0.6 is 11.6 Å². The summed E-state index contributed by atoms with van der Waals surface area (Å²) in [6.45, 7) is 4.04. The van der Waals surface area contributed by atoms with Crippen LogP contribution in [0.1, 0.15) is 18.1 Å². The Morgan fingerprint density at radius 3 is 2.57 bits per heavy atom. The number of rotatable bonds is 7. The normalized spacial score (nSPS) is 12.1. The first-order chi connectivity index (χ1) is 10.2. The Morgan fingerprint density at radius 1 is 1.14 bits per heavy atom. The molecule has 0 aliphatic heterocycles. The van der Waals surface area contributed by atoms with Gasteiger partial charge in [0, 0.05) is 24.2 Å². The van der Waals surface area contributed by atoms with Crippen molar-refractivity contribution in [3.63, 3.8) is 0 Å². The number of halogens is 1. The summed E-state index contributed by atoms with van der Waals surface area (Å²) in [6.07, 6.45) is 0. The fourth-order valence-electron chi connectivity index (χ4n) is 1.87. The second-order valence-corrected chi connectivity index (χ2v) is 5.52. The molecular weight excluding hydrogens is 284 g/mol. The Kier molecular flexibility index (Phi) is 6.05. The van der Waals surface area contributed by atoms with Gasteiger partial charge in [0.1, 0.15) is 12.4 Å². The Labute approximate surface area is 131 Å². The highest BCUT2D eigenvalue weighted by Crippen LogP contribution is 2.16. The maximum atomic E-state index is 5.95. The highest BCUT2D eigenvalue weighted by Gasteiger charge is 2.00. The summed E-state index contributed by atoms with van der Waals surface area (Å²) in [5.74, 6) is 0.852. The molecule has 0 aromatic heterocycles. The van der Waals surface area contributed by atoms with Crippen LogP contribution in [0, 0.1) is 0 Å². The predicted molar refractivity (Wildman–Crippen MR) is 87.6 cm³/mol. The molecule has 0 heterocycles. The summed E-state index contributed by atoms with van der Waals surface area (Å²) in [6, 6.07) is 16.1. The molecule has 2 aromatic rings. The van der Waals surface area contributed by atoms with Crippen LogP contribution in [-0.2, 0) is 13.2 Å². The van der Waals surface area contributed by atoms with Crippen LogP contribution < -0.4 is 15.8 Å². The zero-order valence-corrected chi connectivity index (χ0v) is 12.9. The lowest BCUT2D eigenvalue weighted by molar-refractivity contribution is 0.306. The minimum Gasteiger partial charge on any atom is -0.489 e. The molecule has 0 aliphatic carbocycles. The van der Waals surface area contributed by atoms with E-state index < -0.39 is 0 Å².